The fourth-order valence-corrected chi connectivity index (χ4v) is 1.48. The Labute approximate surface area is 106 Å². The van der Waals surface area contributed by atoms with Gasteiger partial charge in [-0.15, -0.1) is 0 Å². The predicted molar refractivity (Wildman–Crippen MR) is 65.9 cm³/mol. The topological polar surface area (TPSA) is 49.8 Å². The minimum absolute atomic E-state index is 0.160. The molecule has 0 unspecified atom stereocenters. The Bertz CT molecular complexity index is 345. The van der Waals surface area contributed by atoms with Crippen LogP contribution in [0.5, 0.6) is 0 Å². The Hall–Kier alpha value is -1.62. The van der Waals surface area contributed by atoms with Crippen molar-refractivity contribution in [2.75, 3.05) is 26.4 Å². The maximum atomic E-state index is 12.1. The van der Waals surface area contributed by atoms with Crippen molar-refractivity contribution >= 4 is 6.09 Å². The highest BCUT2D eigenvalue weighted by Crippen LogP contribution is 2.04. The molecule has 1 aromatic carbocycles. The molecule has 0 aliphatic heterocycles. The molecule has 1 amide bonds. The van der Waals surface area contributed by atoms with Crippen LogP contribution in [0, 0.1) is 0 Å². The molecule has 1 rings (SSSR count). The summed E-state index contributed by atoms with van der Waals surface area (Å²) < 4.78 is 17.2. The average Bonchev–Trinajstić information content (AvgIpc) is 2.42. The molecule has 5 heteroatoms. The zero-order valence-electron chi connectivity index (χ0n) is 10.2. The van der Waals surface area contributed by atoms with Gasteiger partial charge in [-0.2, -0.15) is 0 Å². The number of hydrogen-bond donors (Lipinski definition) is 1. The molecule has 0 saturated carbocycles. The molecule has 0 aliphatic rings. The van der Waals surface area contributed by atoms with Gasteiger partial charge < -0.3 is 14.7 Å². The van der Waals surface area contributed by atoms with Crippen LogP contribution in [-0.2, 0) is 11.3 Å². The number of amides is 1. The number of halogens is 1. The van der Waals surface area contributed by atoms with Crippen LogP contribution in [0.15, 0.2) is 30.3 Å². The highest BCUT2D eigenvalue weighted by atomic mass is 19.1. The first-order valence-corrected chi connectivity index (χ1v) is 5.90. The van der Waals surface area contributed by atoms with Crippen LogP contribution >= 0.6 is 0 Å². The summed E-state index contributed by atoms with van der Waals surface area (Å²) in [6.07, 6.45) is -0.276. The van der Waals surface area contributed by atoms with E-state index in [0.717, 1.165) is 5.56 Å². The molecule has 1 N–H and O–H groups in total. The van der Waals surface area contributed by atoms with Gasteiger partial charge in [0.15, 0.2) is 0 Å². The lowest BCUT2D eigenvalue weighted by atomic mass is 10.2. The van der Waals surface area contributed by atoms with E-state index in [1.807, 2.05) is 30.3 Å². The Morgan fingerprint density at radius 1 is 1.28 bits per heavy atom. The predicted octanol–water partition coefficient (Wildman–Crippen LogP) is 1.98. The fraction of sp³-hybridized carbons (Fsp3) is 0.462. The smallest absolute Gasteiger partial charge is 0.410 e. The van der Waals surface area contributed by atoms with Gasteiger partial charge in [-0.25, -0.2) is 4.79 Å². The molecule has 0 saturated heterocycles. The molecule has 0 bridgehead atoms. The van der Waals surface area contributed by atoms with Crippen molar-refractivity contribution in [3.8, 4) is 0 Å². The number of ether oxygens (including phenoxy) is 1. The Morgan fingerprint density at radius 3 is 2.61 bits per heavy atom. The Morgan fingerprint density at radius 2 is 2.00 bits per heavy atom. The summed E-state index contributed by atoms with van der Waals surface area (Å²) in [7, 11) is 0. The number of rotatable bonds is 7. The summed E-state index contributed by atoms with van der Waals surface area (Å²) in [4.78, 5) is 13.0. The molecule has 0 heterocycles. The van der Waals surface area contributed by atoms with Crippen molar-refractivity contribution in [1.29, 1.82) is 0 Å². The summed E-state index contributed by atoms with van der Waals surface area (Å²) in [5, 5.41) is 8.83. The lowest BCUT2D eigenvalue weighted by Crippen LogP contribution is -2.35. The molecular formula is C13H18FNO3. The number of aliphatic hydroxyl groups excluding tert-OH is 1. The number of benzene rings is 1. The second-order valence-corrected chi connectivity index (χ2v) is 3.79. The first kappa shape index (κ1) is 14.4. The molecule has 0 radical (unpaired) electrons. The van der Waals surface area contributed by atoms with Crippen LogP contribution < -0.4 is 0 Å². The molecule has 0 aromatic heterocycles. The maximum absolute atomic E-state index is 12.1. The average molecular weight is 255 g/mol. The SMILES string of the molecule is O=C(OCc1ccccc1)N(CCO)CCCF. The van der Waals surface area contributed by atoms with Gasteiger partial charge >= 0.3 is 6.09 Å². The van der Waals surface area contributed by atoms with E-state index >= 15 is 0 Å². The van der Waals surface area contributed by atoms with Crippen molar-refractivity contribution in [1.82, 2.24) is 4.90 Å². The quantitative estimate of drug-likeness (QED) is 0.810. The largest absolute Gasteiger partial charge is 0.445 e. The van der Waals surface area contributed by atoms with Gasteiger partial charge in [0.05, 0.1) is 13.3 Å². The third-order valence-corrected chi connectivity index (χ3v) is 2.39. The minimum atomic E-state index is -0.527. The summed E-state index contributed by atoms with van der Waals surface area (Å²) >= 11 is 0. The number of carbonyl (C=O) groups excluding carboxylic acids is 1. The standard InChI is InChI=1S/C13H18FNO3/c14-7-4-8-15(9-10-16)13(17)18-11-12-5-2-1-3-6-12/h1-3,5-6,16H,4,7-11H2. The molecule has 0 atom stereocenters. The minimum Gasteiger partial charge on any atom is -0.445 e. The summed E-state index contributed by atoms with van der Waals surface area (Å²) in [5.41, 5.74) is 0.889. The monoisotopic (exact) mass is 255 g/mol. The molecule has 1 aromatic rings. The first-order chi connectivity index (χ1) is 8.77. The number of nitrogens with zero attached hydrogens (tertiary/aromatic N) is 1. The van der Waals surface area contributed by atoms with E-state index in [2.05, 4.69) is 0 Å². The van der Waals surface area contributed by atoms with E-state index in [9.17, 15) is 9.18 Å². The van der Waals surface area contributed by atoms with Crippen molar-refractivity contribution < 1.29 is 19.0 Å². The summed E-state index contributed by atoms with van der Waals surface area (Å²) in [6, 6.07) is 9.30. The number of aliphatic hydroxyl groups is 1. The van der Waals surface area contributed by atoms with Gasteiger partial charge in [0.25, 0.3) is 0 Å². The Balaban J connectivity index is 2.40. The number of alkyl halides is 1. The normalized spacial score (nSPS) is 10.1. The lowest BCUT2D eigenvalue weighted by Gasteiger charge is -2.20. The van der Waals surface area contributed by atoms with Crippen LogP contribution in [-0.4, -0.2) is 42.5 Å². The van der Waals surface area contributed by atoms with Gasteiger partial charge in [0, 0.05) is 13.1 Å². The van der Waals surface area contributed by atoms with Crippen molar-refractivity contribution in [2.45, 2.75) is 13.0 Å². The van der Waals surface area contributed by atoms with E-state index in [4.69, 9.17) is 9.84 Å². The van der Waals surface area contributed by atoms with E-state index in [-0.39, 0.29) is 32.7 Å². The van der Waals surface area contributed by atoms with Crippen LogP contribution in [0.3, 0.4) is 0 Å². The molecular weight excluding hydrogens is 237 g/mol. The number of carbonyl (C=O) groups is 1. The third-order valence-electron chi connectivity index (χ3n) is 2.39. The molecule has 0 spiro atoms. The van der Waals surface area contributed by atoms with Crippen LogP contribution in [0.4, 0.5) is 9.18 Å². The molecule has 4 nitrogen and oxygen atoms in total. The maximum Gasteiger partial charge on any atom is 0.410 e. The lowest BCUT2D eigenvalue weighted by molar-refractivity contribution is 0.0874. The highest BCUT2D eigenvalue weighted by Gasteiger charge is 2.13. The van der Waals surface area contributed by atoms with Crippen molar-refractivity contribution in [2.24, 2.45) is 0 Å². The van der Waals surface area contributed by atoms with Crippen molar-refractivity contribution in [3.63, 3.8) is 0 Å². The van der Waals surface area contributed by atoms with Gasteiger partial charge in [0.1, 0.15) is 6.61 Å². The Kier molecular flexibility index (Phi) is 6.79. The van der Waals surface area contributed by atoms with Gasteiger partial charge in [0.2, 0.25) is 0 Å². The summed E-state index contributed by atoms with van der Waals surface area (Å²) in [5.74, 6) is 0. The summed E-state index contributed by atoms with van der Waals surface area (Å²) in [6.45, 7) is -0.0594. The highest BCUT2D eigenvalue weighted by molar-refractivity contribution is 5.67. The molecule has 100 valence electrons. The number of hydrogen-bond acceptors (Lipinski definition) is 3. The van der Waals surface area contributed by atoms with Gasteiger partial charge in [-0.1, -0.05) is 30.3 Å². The van der Waals surface area contributed by atoms with E-state index in [1.165, 1.54) is 4.90 Å². The second-order valence-electron chi connectivity index (χ2n) is 3.79. The zero-order chi connectivity index (χ0) is 13.2. The van der Waals surface area contributed by atoms with Crippen LogP contribution in [0.25, 0.3) is 0 Å². The molecule has 18 heavy (non-hydrogen) atoms. The van der Waals surface area contributed by atoms with Gasteiger partial charge in [-0.05, 0) is 12.0 Å². The molecule has 0 fully saturated rings. The fourth-order valence-electron chi connectivity index (χ4n) is 1.48. The first-order valence-electron chi connectivity index (χ1n) is 5.90. The van der Waals surface area contributed by atoms with E-state index in [0.29, 0.717) is 0 Å². The molecule has 0 aliphatic carbocycles. The third kappa shape index (κ3) is 5.14. The zero-order valence-corrected chi connectivity index (χ0v) is 10.2. The van der Waals surface area contributed by atoms with E-state index < -0.39 is 12.8 Å². The van der Waals surface area contributed by atoms with Gasteiger partial charge in [-0.3, -0.25) is 4.39 Å². The van der Waals surface area contributed by atoms with Crippen LogP contribution in [0.2, 0.25) is 0 Å². The second kappa shape index (κ2) is 8.47. The van der Waals surface area contributed by atoms with Crippen molar-refractivity contribution in [3.05, 3.63) is 35.9 Å². The van der Waals surface area contributed by atoms with Crippen LogP contribution in [0.1, 0.15) is 12.0 Å². The van der Waals surface area contributed by atoms with E-state index in [1.54, 1.807) is 0 Å².